The maximum absolute atomic E-state index is 11.5. The van der Waals surface area contributed by atoms with Crippen molar-refractivity contribution >= 4 is 15.8 Å². The first-order valence-corrected chi connectivity index (χ1v) is 5.93. The molecule has 15 heavy (non-hydrogen) atoms. The van der Waals surface area contributed by atoms with Gasteiger partial charge < -0.3 is 0 Å². The van der Waals surface area contributed by atoms with E-state index in [9.17, 15) is 13.2 Å². The summed E-state index contributed by atoms with van der Waals surface area (Å²) in [6.45, 7) is 3.23. The zero-order chi connectivity index (χ0) is 11.5. The van der Waals surface area contributed by atoms with E-state index < -0.39 is 10.0 Å². The predicted octanol–water partition coefficient (Wildman–Crippen LogP) is -0.0869. The van der Waals surface area contributed by atoms with Gasteiger partial charge in [-0.05, 0) is 6.07 Å². The lowest BCUT2D eigenvalue weighted by Gasteiger charge is -2.05. The number of carbonyl (C=O) groups is 1. The molecule has 0 amide bonds. The molecule has 2 N–H and O–H groups in total. The lowest BCUT2D eigenvalue weighted by molar-refractivity contribution is -0.120. The Hall–Kier alpha value is -1.21. The standard InChI is InChI=1S/C8H13N3O3S/c1-6(2)7(12)5-10-15(13,14)8-3-4-9-11-8/h3-4,6,10H,5H2,1-2H3,(H,9,11). The van der Waals surface area contributed by atoms with Crippen molar-refractivity contribution in [2.45, 2.75) is 18.9 Å². The van der Waals surface area contributed by atoms with Crippen LogP contribution in [0.2, 0.25) is 0 Å². The van der Waals surface area contributed by atoms with E-state index in [4.69, 9.17) is 0 Å². The molecule has 0 radical (unpaired) electrons. The molecule has 1 heterocycles. The van der Waals surface area contributed by atoms with Gasteiger partial charge in [-0.15, -0.1) is 0 Å². The first-order valence-electron chi connectivity index (χ1n) is 4.45. The quantitative estimate of drug-likeness (QED) is 0.741. The molecule has 0 fully saturated rings. The fraction of sp³-hybridized carbons (Fsp3) is 0.500. The van der Waals surface area contributed by atoms with Crippen molar-refractivity contribution in [2.24, 2.45) is 5.92 Å². The summed E-state index contributed by atoms with van der Waals surface area (Å²) in [4.78, 5) is 11.2. The predicted molar refractivity (Wildman–Crippen MR) is 53.6 cm³/mol. The van der Waals surface area contributed by atoms with Crippen LogP contribution in [-0.2, 0) is 14.8 Å². The second kappa shape index (κ2) is 4.54. The molecule has 1 aromatic rings. The number of sulfonamides is 1. The molecule has 0 spiro atoms. The number of H-pyrrole nitrogens is 1. The fourth-order valence-electron chi connectivity index (χ4n) is 0.841. The number of rotatable bonds is 5. The van der Waals surface area contributed by atoms with Gasteiger partial charge in [-0.1, -0.05) is 13.8 Å². The van der Waals surface area contributed by atoms with Gasteiger partial charge in [-0.3, -0.25) is 9.89 Å². The van der Waals surface area contributed by atoms with E-state index in [-0.39, 0.29) is 23.3 Å². The van der Waals surface area contributed by atoms with Gasteiger partial charge in [-0.25, -0.2) is 13.1 Å². The van der Waals surface area contributed by atoms with Gasteiger partial charge in [-0.2, -0.15) is 5.10 Å². The Labute approximate surface area is 88.1 Å². The zero-order valence-electron chi connectivity index (χ0n) is 8.52. The van der Waals surface area contributed by atoms with Gasteiger partial charge in [0.2, 0.25) is 0 Å². The normalized spacial score (nSPS) is 11.9. The Bertz CT molecular complexity index is 422. The minimum absolute atomic E-state index is 0.0425. The minimum Gasteiger partial charge on any atom is -0.298 e. The van der Waals surface area contributed by atoms with Crippen molar-refractivity contribution in [3.8, 4) is 0 Å². The van der Waals surface area contributed by atoms with E-state index in [0.29, 0.717) is 0 Å². The summed E-state index contributed by atoms with van der Waals surface area (Å²) < 4.78 is 25.2. The molecule has 0 saturated carbocycles. The van der Waals surface area contributed by atoms with Crippen LogP contribution in [-0.4, -0.2) is 30.9 Å². The molecule has 0 unspecified atom stereocenters. The molecule has 0 atom stereocenters. The molecule has 0 aliphatic rings. The molecule has 84 valence electrons. The van der Waals surface area contributed by atoms with Crippen LogP contribution in [0.25, 0.3) is 0 Å². The Kier molecular flexibility index (Phi) is 3.59. The third-order valence-corrected chi connectivity index (χ3v) is 3.18. The summed E-state index contributed by atoms with van der Waals surface area (Å²) in [5.74, 6) is -0.340. The van der Waals surface area contributed by atoms with Gasteiger partial charge in [0.05, 0.1) is 12.7 Å². The number of nitrogens with zero attached hydrogens (tertiary/aromatic N) is 1. The topological polar surface area (TPSA) is 91.9 Å². The zero-order valence-corrected chi connectivity index (χ0v) is 9.34. The minimum atomic E-state index is -3.63. The first-order chi connectivity index (χ1) is 6.93. The Morgan fingerprint density at radius 3 is 2.73 bits per heavy atom. The van der Waals surface area contributed by atoms with E-state index >= 15 is 0 Å². The van der Waals surface area contributed by atoms with E-state index in [1.54, 1.807) is 13.8 Å². The van der Waals surface area contributed by atoms with Crippen molar-refractivity contribution in [2.75, 3.05) is 6.54 Å². The largest absolute Gasteiger partial charge is 0.298 e. The first kappa shape index (κ1) is 11.9. The van der Waals surface area contributed by atoms with Crippen LogP contribution < -0.4 is 4.72 Å². The van der Waals surface area contributed by atoms with E-state index in [0.717, 1.165) is 0 Å². The Morgan fingerprint density at radius 1 is 1.60 bits per heavy atom. The number of ketones is 1. The molecule has 0 saturated heterocycles. The average molecular weight is 231 g/mol. The second-order valence-corrected chi connectivity index (χ2v) is 5.10. The van der Waals surface area contributed by atoms with Crippen LogP contribution in [0.15, 0.2) is 17.3 Å². The molecule has 1 aromatic heterocycles. The monoisotopic (exact) mass is 231 g/mol. The van der Waals surface area contributed by atoms with Crippen molar-refractivity contribution in [3.63, 3.8) is 0 Å². The highest BCUT2D eigenvalue weighted by Crippen LogP contribution is 2.02. The highest BCUT2D eigenvalue weighted by Gasteiger charge is 2.17. The van der Waals surface area contributed by atoms with E-state index in [1.807, 2.05) is 0 Å². The molecular formula is C8H13N3O3S. The molecule has 1 rings (SSSR count). The number of hydrogen-bond donors (Lipinski definition) is 2. The number of nitrogens with one attached hydrogen (secondary N) is 2. The van der Waals surface area contributed by atoms with Crippen LogP contribution in [0.1, 0.15) is 13.8 Å². The molecular weight excluding hydrogens is 218 g/mol. The SMILES string of the molecule is CC(C)C(=O)CNS(=O)(=O)c1ccn[nH]1. The number of aromatic nitrogens is 2. The summed E-state index contributed by atoms with van der Waals surface area (Å²) in [6, 6.07) is 1.32. The summed E-state index contributed by atoms with van der Waals surface area (Å²) in [6.07, 6.45) is 1.33. The Morgan fingerprint density at radius 2 is 2.27 bits per heavy atom. The molecule has 6 nitrogen and oxygen atoms in total. The molecule has 0 aliphatic carbocycles. The number of Topliss-reactive ketones (excluding diaryl/α,β-unsaturated/α-hetero) is 1. The maximum Gasteiger partial charge on any atom is 0.257 e. The third-order valence-electron chi connectivity index (χ3n) is 1.85. The second-order valence-electron chi connectivity index (χ2n) is 3.37. The maximum atomic E-state index is 11.5. The van der Waals surface area contributed by atoms with Crippen LogP contribution in [0.3, 0.4) is 0 Å². The molecule has 0 aromatic carbocycles. The van der Waals surface area contributed by atoms with Crippen molar-refractivity contribution in [1.29, 1.82) is 0 Å². The van der Waals surface area contributed by atoms with Gasteiger partial charge in [0.25, 0.3) is 10.0 Å². The van der Waals surface area contributed by atoms with Crippen molar-refractivity contribution < 1.29 is 13.2 Å². The summed E-state index contributed by atoms with van der Waals surface area (Å²) in [5.41, 5.74) is 0. The van der Waals surface area contributed by atoms with E-state index in [2.05, 4.69) is 14.9 Å². The lowest BCUT2D eigenvalue weighted by atomic mass is 10.1. The van der Waals surface area contributed by atoms with Crippen molar-refractivity contribution in [3.05, 3.63) is 12.3 Å². The fourth-order valence-corrected chi connectivity index (χ4v) is 1.74. The van der Waals surface area contributed by atoms with Crippen LogP contribution in [0.5, 0.6) is 0 Å². The third kappa shape index (κ3) is 3.14. The number of hydrogen-bond acceptors (Lipinski definition) is 4. The molecule has 0 bridgehead atoms. The van der Waals surface area contributed by atoms with E-state index in [1.165, 1.54) is 12.3 Å². The molecule has 7 heteroatoms. The molecule has 0 aliphatic heterocycles. The summed E-state index contributed by atoms with van der Waals surface area (Å²) in [7, 11) is -3.63. The smallest absolute Gasteiger partial charge is 0.257 e. The summed E-state index contributed by atoms with van der Waals surface area (Å²) >= 11 is 0. The highest BCUT2D eigenvalue weighted by atomic mass is 32.2. The lowest BCUT2D eigenvalue weighted by Crippen LogP contribution is -2.31. The summed E-state index contributed by atoms with van der Waals surface area (Å²) in [5, 5.41) is 5.80. The van der Waals surface area contributed by atoms with Gasteiger partial charge in [0.15, 0.2) is 5.03 Å². The average Bonchev–Trinajstić information content (AvgIpc) is 2.67. The highest BCUT2D eigenvalue weighted by molar-refractivity contribution is 7.89. The van der Waals surface area contributed by atoms with Gasteiger partial charge in [0, 0.05) is 5.92 Å². The van der Waals surface area contributed by atoms with Gasteiger partial charge >= 0.3 is 0 Å². The van der Waals surface area contributed by atoms with Gasteiger partial charge in [0.1, 0.15) is 5.78 Å². The van der Waals surface area contributed by atoms with Crippen molar-refractivity contribution in [1.82, 2.24) is 14.9 Å². The van der Waals surface area contributed by atoms with Crippen LogP contribution >= 0.6 is 0 Å². The number of carbonyl (C=O) groups excluding carboxylic acids is 1. The Balaban J connectivity index is 2.63. The van der Waals surface area contributed by atoms with Crippen LogP contribution in [0.4, 0.5) is 0 Å². The van der Waals surface area contributed by atoms with Crippen LogP contribution in [0, 0.1) is 5.92 Å². The number of aromatic amines is 1.